The summed E-state index contributed by atoms with van der Waals surface area (Å²) in [6.45, 7) is 5.81. The molecule has 0 radical (unpaired) electrons. The number of nitroso groups, excluding NO2 is 1. The maximum atomic E-state index is 11.7. The fourth-order valence-electron chi connectivity index (χ4n) is 3.27. The van der Waals surface area contributed by atoms with E-state index in [1.807, 2.05) is 38.1 Å². The second-order valence-corrected chi connectivity index (χ2v) is 7.96. The monoisotopic (exact) mass is 446 g/mol. The Morgan fingerprint density at radius 3 is 2.53 bits per heavy atom. The van der Waals surface area contributed by atoms with E-state index in [1.165, 1.54) is 11.6 Å². The first kappa shape index (κ1) is 21.4. The molecular formula is C24H19ClN4O3. The van der Waals surface area contributed by atoms with Crippen molar-refractivity contribution < 1.29 is 9.53 Å². The van der Waals surface area contributed by atoms with Crippen LogP contribution in [0.4, 0.5) is 0 Å². The van der Waals surface area contributed by atoms with Crippen LogP contribution in [0.2, 0.25) is 5.02 Å². The molecule has 0 fully saturated rings. The van der Waals surface area contributed by atoms with E-state index in [2.05, 4.69) is 26.2 Å². The molecule has 0 aliphatic rings. The van der Waals surface area contributed by atoms with Gasteiger partial charge in [-0.3, -0.25) is 4.79 Å². The summed E-state index contributed by atoms with van der Waals surface area (Å²) in [6.07, 6.45) is 2.09. The molecule has 2 aromatic carbocycles. The van der Waals surface area contributed by atoms with Gasteiger partial charge < -0.3 is 9.72 Å². The van der Waals surface area contributed by atoms with Crippen molar-refractivity contribution in [3.8, 4) is 23.0 Å². The summed E-state index contributed by atoms with van der Waals surface area (Å²) in [5.41, 5.74) is 5.64. The van der Waals surface area contributed by atoms with Gasteiger partial charge in [0.25, 0.3) is 0 Å². The molecule has 0 saturated carbocycles. The third kappa shape index (κ3) is 4.43. The molecule has 2 heterocycles. The standard InChI is InChI=1S/C24H19ClN4O3/c1-13(2)10-15-5-7-16(8-6-15)21-19(25)12-20-22(27-21)28-24(26-20)32-17-9-4-14(3)18(11-17)23(30)29-31/h4-12H,1-3H3,(H,26,27,28). The van der Waals surface area contributed by atoms with Gasteiger partial charge in [-0.05, 0) is 50.1 Å². The van der Waals surface area contributed by atoms with Gasteiger partial charge in [-0.2, -0.15) is 4.98 Å². The second-order valence-electron chi connectivity index (χ2n) is 7.55. The predicted molar refractivity (Wildman–Crippen MR) is 125 cm³/mol. The van der Waals surface area contributed by atoms with Gasteiger partial charge in [0.2, 0.25) is 0 Å². The quantitative estimate of drug-likeness (QED) is 0.343. The van der Waals surface area contributed by atoms with Crippen LogP contribution >= 0.6 is 11.6 Å². The van der Waals surface area contributed by atoms with Crippen LogP contribution in [0.5, 0.6) is 11.8 Å². The first-order valence-corrected chi connectivity index (χ1v) is 10.2. The molecule has 8 heteroatoms. The number of fused-ring (bicyclic) bond motifs is 1. The van der Waals surface area contributed by atoms with Crippen molar-refractivity contribution in [1.82, 2.24) is 15.0 Å². The van der Waals surface area contributed by atoms with Crippen molar-refractivity contribution in [3.63, 3.8) is 0 Å². The number of allylic oxidation sites excluding steroid dienone is 1. The van der Waals surface area contributed by atoms with Crippen LogP contribution in [0.3, 0.4) is 0 Å². The molecule has 0 spiro atoms. The van der Waals surface area contributed by atoms with Gasteiger partial charge in [-0.1, -0.05) is 53.6 Å². The Balaban J connectivity index is 1.65. The highest BCUT2D eigenvalue weighted by Crippen LogP contribution is 2.31. The summed E-state index contributed by atoms with van der Waals surface area (Å²) in [5, 5.41) is 2.95. The van der Waals surface area contributed by atoms with E-state index in [0.29, 0.717) is 33.2 Å². The van der Waals surface area contributed by atoms with Crippen LogP contribution in [0.15, 0.2) is 59.3 Å². The number of imidazole rings is 1. The number of nitrogens with one attached hydrogen (secondary N) is 1. The largest absolute Gasteiger partial charge is 0.426 e. The van der Waals surface area contributed by atoms with Gasteiger partial charge in [0.1, 0.15) is 5.75 Å². The number of aromatic amines is 1. The highest BCUT2D eigenvalue weighted by atomic mass is 35.5. The lowest BCUT2D eigenvalue weighted by molar-refractivity contribution is 0.1000. The van der Waals surface area contributed by atoms with Crippen LogP contribution in [0.25, 0.3) is 28.5 Å². The van der Waals surface area contributed by atoms with Crippen LogP contribution < -0.4 is 4.74 Å². The van der Waals surface area contributed by atoms with Gasteiger partial charge in [-0.25, -0.2) is 4.98 Å². The lowest BCUT2D eigenvalue weighted by atomic mass is 10.1. The average molecular weight is 447 g/mol. The number of benzene rings is 2. The molecule has 4 rings (SSSR count). The number of carbonyl (C=O) groups is 1. The molecule has 0 bridgehead atoms. The summed E-state index contributed by atoms with van der Waals surface area (Å²) < 4.78 is 5.74. The van der Waals surface area contributed by atoms with E-state index in [4.69, 9.17) is 16.3 Å². The molecule has 0 saturated heterocycles. The maximum absolute atomic E-state index is 11.7. The zero-order chi connectivity index (χ0) is 22.8. The van der Waals surface area contributed by atoms with E-state index in [1.54, 1.807) is 25.1 Å². The molecule has 0 unspecified atom stereocenters. The number of H-pyrrole nitrogens is 1. The van der Waals surface area contributed by atoms with Gasteiger partial charge in [-0.15, -0.1) is 4.91 Å². The topological polar surface area (TPSA) is 97.3 Å². The number of halogens is 1. The number of pyridine rings is 1. The maximum Gasteiger partial charge on any atom is 0.317 e. The van der Waals surface area contributed by atoms with Crippen LogP contribution in [-0.2, 0) is 0 Å². The summed E-state index contributed by atoms with van der Waals surface area (Å²) in [4.78, 5) is 34.3. The first-order chi connectivity index (χ1) is 15.3. The number of ether oxygens (including phenoxy) is 1. The highest BCUT2D eigenvalue weighted by molar-refractivity contribution is 6.33. The Labute approximate surface area is 189 Å². The zero-order valence-corrected chi connectivity index (χ0v) is 18.4. The Morgan fingerprint density at radius 1 is 1.09 bits per heavy atom. The molecule has 2 aromatic heterocycles. The lowest BCUT2D eigenvalue weighted by Gasteiger charge is -2.05. The van der Waals surface area contributed by atoms with E-state index in [0.717, 1.165) is 11.1 Å². The lowest BCUT2D eigenvalue weighted by Crippen LogP contribution is -1.98. The summed E-state index contributed by atoms with van der Waals surface area (Å²) in [5.74, 6) is -0.519. The molecule has 0 aliphatic carbocycles. The van der Waals surface area contributed by atoms with Crippen molar-refractivity contribution >= 4 is 34.7 Å². The van der Waals surface area contributed by atoms with Gasteiger partial charge in [0, 0.05) is 10.7 Å². The number of hydrogen-bond acceptors (Lipinski definition) is 5. The molecule has 7 nitrogen and oxygen atoms in total. The third-order valence-electron chi connectivity index (χ3n) is 4.78. The number of nitrogens with zero attached hydrogens (tertiary/aromatic N) is 3. The predicted octanol–water partition coefficient (Wildman–Crippen LogP) is 6.71. The molecule has 0 atom stereocenters. The van der Waals surface area contributed by atoms with Gasteiger partial charge in [0.15, 0.2) is 5.65 Å². The molecule has 1 N–H and O–H groups in total. The number of aryl methyl sites for hydroxylation is 1. The zero-order valence-electron chi connectivity index (χ0n) is 17.6. The van der Waals surface area contributed by atoms with Gasteiger partial charge in [0.05, 0.1) is 21.8 Å². The number of rotatable bonds is 5. The Hall–Kier alpha value is -3.84. The number of amides is 1. The van der Waals surface area contributed by atoms with Gasteiger partial charge >= 0.3 is 11.9 Å². The van der Waals surface area contributed by atoms with Crippen molar-refractivity contribution in [3.05, 3.63) is 80.7 Å². The van der Waals surface area contributed by atoms with Crippen molar-refractivity contribution in [2.75, 3.05) is 0 Å². The fourth-order valence-corrected chi connectivity index (χ4v) is 3.53. The summed E-state index contributed by atoms with van der Waals surface area (Å²) in [6, 6.07) is 14.7. The minimum absolute atomic E-state index is 0.175. The van der Waals surface area contributed by atoms with E-state index in [-0.39, 0.29) is 11.6 Å². The minimum Gasteiger partial charge on any atom is -0.426 e. The summed E-state index contributed by atoms with van der Waals surface area (Å²) >= 11 is 6.48. The number of carbonyl (C=O) groups excluding carboxylic acids is 1. The molecule has 160 valence electrons. The first-order valence-electron chi connectivity index (χ1n) is 9.82. The van der Waals surface area contributed by atoms with Crippen LogP contribution in [0.1, 0.15) is 35.3 Å². The molecule has 0 aliphatic heterocycles. The van der Waals surface area contributed by atoms with Crippen molar-refractivity contribution in [1.29, 1.82) is 0 Å². The van der Waals surface area contributed by atoms with Crippen molar-refractivity contribution in [2.24, 2.45) is 5.18 Å². The summed E-state index contributed by atoms with van der Waals surface area (Å²) in [7, 11) is 0. The fraction of sp³-hybridized carbons (Fsp3) is 0.125. The Bertz CT molecular complexity index is 1370. The SMILES string of the molecule is CC(C)=Cc1ccc(-c2nc3nc(Oc4ccc(C)c(C(=O)N=O)c4)[nH]c3cc2Cl)cc1. The average Bonchev–Trinajstić information content (AvgIpc) is 3.15. The van der Waals surface area contributed by atoms with Crippen LogP contribution in [0, 0.1) is 11.8 Å². The van der Waals surface area contributed by atoms with E-state index < -0.39 is 5.91 Å². The highest BCUT2D eigenvalue weighted by Gasteiger charge is 2.15. The van der Waals surface area contributed by atoms with E-state index in [9.17, 15) is 9.70 Å². The normalized spacial score (nSPS) is 10.8. The smallest absolute Gasteiger partial charge is 0.317 e. The van der Waals surface area contributed by atoms with Crippen LogP contribution in [-0.4, -0.2) is 20.9 Å². The van der Waals surface area contributed by atoms with E-state index >= 15 is 0 Å². The second kappa shape index (κ2) is 8.72. The molecular weight excluding hydrogens is 428 g/mol. The molecule has 1 amide bonds. The Morgan fingerprint density at radius 2 is 1.84 bits per heavy atom. The Kier molecular flexibility index (Phi) is 5.83. The number of hydrogen-bond donors (Lipinski definition) is 1. The number of aromatic nitrogens is 3. The molecule has 4 aromatic rings. The third-order valence-corrected chi connectivity index (χ3v) is 5.07. The molecule has 32 heavy (non-hydrogen) atoms. The van der Waals surface area contributed by atoms with Crippen molar-refractivity contribution in [2.45, 2.75) is 20.8 Å². The minimum atomic E-state index is -0.855.